The van der Waals surface area contributed by atoms with Crippen LogP contribution in [0.1, 0.15) is 17.3 Å². The number of rotatable bonds is 4. The molecule has 6 nitrogen and oxygen atoms in total. The molecule has 0 amide bonds. The fraction of sp³-hybridized carbons (Fsp3) is 0.250. The first-order valence-electron chi connectivity index (χ1n) is 8.66. The Morgan fingerprint density at radius 3 is 2.38 bits per heavy atom. The zero-order chi connectivity index (χ0) is 17.9. The lowest BCUT2D eigenvalue weighted by molar-refractivity contribution is 0.101. The molecule has 0 aliphatic carbocycles. The van der Waals surface area contributed by atoms with E-state index < -0.39 is 0 Å². The van der Waals surface area contributed by atoms with E-state index in [0.717, 1.165) is 54.5 Å². The van der Waals surface area contributed by atoms with Crippen molar-refractivity contribution in [3.8, 4) is 11.3 Å². The molecule has 1 aromatic carbocycles. The van der Waals surface area contributed by atoms with Crippen LogP contribution >= 0.6 is 0 Å². The molecule has 132 valence electrons. The number of carbonyl (C=O) groups excluding carboxylic acids is 1. The Morgan fingerprint density at radius 1 is 1.00 bits per heavy atom. The number of aromatic nitrogens is 2. The van der Waals surface area contributed by atoms with Gasteiger partial charge in [0.15, 0.2) is 5.78 Å². The number of carbonyl (C=O) groups is 1. The van der Waals surface area contributed by atoms with Crippen molar-refractivity contribution < 1.29 is 9.21 Å². The molecule has 2 aromatic heterocycles. The van der Waals surface area contributed by atoms with E-state index in [-0.39, 0.29) is 5.78 Å². The van der Waals surface area contributed by atoms with Crippen LogP contribution in [-0.4, -0.2) is 41.9 Å². The quantitative estimate of drug-likeness (QED) is 0.675. The lowest BCUT2D eigenvalue weighted by atomic mass is 10.1. The second-order valence-corrected chi connectivity index (χ2v) is 6.35. The molecule has 0 unspecified atom stereocenters. The summed E-state index contributed by atoms with van der Waals surface area (Å²) in [5.74, 6) is 0.979. The fourth-order valence-corrected chi connectivity index (χ4v) is 3.16. The standard InChI is InChI=1S/C20H20N4O2/c1-15(25)16-2-4-18(5-3-16)23-7-9-24(10-8-23)20-13-21-12-19(22-20)17-6-11-26-14-17/h2-6,11-14H,7-10H2,1H3. The van der Waals surface area contributed by atoms with Crippen LogP contribution in [-0.2, 0) is 0 Å². The number of furan rings is 1. The van der Waals surface area contributed by atoms with Gasteiger partial charge in [-0.15, -0.1) is 0 Å². The summed E-state index contributed by atoms with van der Waals surface area (Å²) >= 11 is 0. The minimum absolute atomic E-state index is 0.0949. The highest BCUT2D eigenvalue weighted by atomic mass is 16.3. The Morgan fingerprint density at radius 2 is 1.73 bits per heavy atom. The summed E-state index contributed by atoms with van der Waals surface area (Å²) < 4.78 is 5.13. The first-order valence-corrected chi connectivity index (χ1v) is 8.66. The molecule has 4 rings (SSSR count). The van der Waals surface area contributed by atoms with Crippen LogP contribution in [0.25, 0.3) is 11.3 Å². The fourth-order valence-electron chi connectivity index (χ4n) is 3.16. The number of piperazine rings is 1. The SMILES string of the molecule is CC(=O)c1ccc(N2CCN(c3cncc(-c4ccoc4)n3)CC2)cc1. The van der Waals surface area contributed by atoms with Gasteiger partial charge in [-0.1, -0.05) is 0 Å². The van der Waals surface area contributed by atoms with E-state index >= 15 is 0 Å². The van der Waals surface area contributed by atoms with Gasteiger partial charge in [0, 0.05) is 43.0 Å². The molecule has 1 fully saturated rings. The van der Waals surface area contributed by atoms with Crippen LogP contribution in [0.2, 0.25) is 0 Å². The van der Waals surface area contributed by atoms with Crippen molar-refractivity contribution in [1.82, 2.24) is 9.97 Å². The van der Waals surface area contributed by atoms with Crippen LogP contribution in [0.15, 0.2) is 59.7 Å². The first kappa shape index (κ1) is 16.3. The third kappa shape index (κ3) is 3.31. The number of anilines is 2. The maximum Gasteiger partial charge on any atom is 0.159 e. The van der Waals surface area contributed by atoms with E-state index in [1.165, 1.54) is 0 Å². The van der Waals surface area contributed by atoms with Gasteiger partial charge in [-0.25, -0.2) is 4.98 Å². The largest absolute Gasteiger partial charge is 0.472 e. The molecule has 0 spiro atoms. The van der Waals surface area contributed by atoms with Crippen LogP contribution in [0.3, 0.4) is 0 Å². The van der Waals surface area contributed by atoms with Crippen molar-refractivity contribution in [2.45, 2.75) is 6.92 Å². The third-order valence-electron chi connectivity index (χ3n) is 4.68. The van der Waals surface area contributed by atoms with Crippen molar-refractivity contribution >= 4 is 17.3 Å². The number of Topliss-reactive ketones (excluding diaryl/α,β-unsaturated/α-hetero) is 1. The van der Waals surface area contributed by atoms with E-state index in [4.69, 9.17) is 9.40 Å². The lowest BCUT2D eigenvalue weighted by Crippen LogP contribution is -2.46. The summed E-state index contributed by atoms with van der Waals surface area (Å²) in [4.78, 5) is 25.0. The minimum atomic E-state index is 0.0949. The molecule has 1 saturated heterocycles. The van der Waals surface area contributed by atoms with Crippen molar-refractivity contribution in [1.29, 1.82) is 0 Å². The smallest absolute Gasteiger partial charge is 0.159 e. The van der Waals surface area contributed by atoms with Gasteiger partial charge in [-0.2, -0.15) is 0 Å². The highest BCUT2D eigenvalue weighted by molar-refractivity contribution is 5.94. The van der Waals surface area contributed by atoms with E-state index in [2.05, 4.69) is 14.8 Å². The molecule has 1 aliphatic rings. The van der Waals surface area contributed by atoms with Crippen molar-refractivity contribution in [3.63, 3.8) is 0 Å². The number of ketones is 1. The predicted molar refractivity (Wildman–Crippen MR) is 101 cm³/mol. The van der Waals surface area contributed by atoms with Gasteiger partial charge in [-0.05, 0) is 37.3 Å². The zero-order valence-electron chi connectivity index (χ0n) is 14.6. The van der Waals surface area contributed by atoms with Gasteiger partial charge < -0.3 is 14.2 Å². The van der Waals surface area contributed by atoms with E-state index in [1.54, 1.807) is 31.8 Å². The molecule has 3 aromatic rings. The molecule has 3 heterocycles. The molecule has 0 N–H and O–H groups in total. The predicted octanol–water partition coefficient (Wildman–Crippen LogP) is 3.27. The Balaban J connectivity index is 1.43. The number of hydrogen-bond donors (Lipinski definition) is 0. The first-order chi connectivity index (χ1) is 12.7. The molecular formula is C20H20N4O2. The lowest BCUT2D eigenvalue weighted by Gasteiger charge is -2.36. The van der Waals surface area contributed by atoms with Gasteiger partial charge in [0.1, 0.15) is 5.82 Å². The Bertz CT molecular complexity index is 882. The Kier molecular flexibility index (Phi) is 4.39. The van der Waals surface area contributed by atoms with Gasteiger partial charge >= 0.3 is 0 Å². The summed E-state index contributed by atoms with van der Waals surface area (Å²) in [6, 6.07) is 9.71. The van der Waals surface area contributed by atoms with Crippen molar-refractivity contribution in [2.75, 3.05) is 36.0 Å². The molecular weight excluding hydrogens is 328 g/mol. The maximum absolute atomic E-state index is 11.4. The summed E-state index contributed by atoms with van der Waals surface area (Å²) in [5.41, 5.74) is 3.65. The van der Waals surface area contributed by atoms with E-state index in [9.17, 15) is 4.79 Å². The summed E-state index contributed by atoms with van der Waals surface area (Å²) in [6.45, 7) is 5.14. The molecule has 0 radical (unpaired) electrons. The normalized spacial score (nSPS) is 14.5. The number of nitrogens with zero attached hydrogens (tertiary/aromatic N) is 4. The highest BCUT2D eigenvalue weighted by Crippen LogP contribution is 2.22. The average molecular weight is 348 g/mol. The van der Waals surface area contributed by atoms with Gasteiger partial charge in [0.05, 0.1) is 30.6 Å². The average Bonchev–Trinajstić information content (AvgIpc) is 3.23. The van der Waals surface area contributed by atoms with Crippen LogP contribution < -0.4 is 9.80 Å². The molecule has 0 bridgehead atoms. The van der Waals surface area contributed by atoms with E-state index in [0.29, 0.717) is 0 Å². The molecule has 6 heteroatoms. The maximum atomic E-state index is 11.4. The monoisotopic (exact) mass is 348 g/mol. The highest BCUT2D eigenvalue weighted by Gasteiger charge is 2.19. The zero-order valence-corrected chi connectivity index (χ0v) is 14.6. The topological polar surface area (TPSA) is 62.5 Å². The van der Waals surface area contributed by atoms with Crippen LogP contribution in [0.5, 0.6) is 0 Å². The summed E-state index contributed by atoms with van der Waals surface area (Å²) in [7, 11) is 0. The van der Waals surface area contributed by atoms with Crippen LogP contribution in [0, 0.1) is 0 Å². The van der Waals surface area contributed by atoms with Gasteiger partial charge in [0.25, 0.3) is 0 Å². The number of hydrogen-bond acceptors (Lipinski definition) is 6. The second kappa shape index (κ2) is 7.00. The van der Waals surface area contributed by atoms with Gasteiger partial charge in [0.2, 0.25) is 0 Å². The van der Waals surface area contributed by atoms with Crippen LogP contribution in [0.4, 0.5) is 11.5 Å². The third-order valence-corrected chi connectivity index (χ3v) is 4.68. The molecule has 0 atom stereocenters. The second-order valence-electron chi connectivity index (χ2n) is 6.35. The number of benzene rings is 1. The molecule has 26 heavy (non-hydrogen) atoms. The molecule has 0 saturated carbocycles. The minimum Gasteiger partial charge on any atom is -0.472 e. The van der Waals surface area contributed by atoms with Gasteiger partial charge in [-0.3, -0.25) is 9.78 Å². The van der Waals surface area contributed by atoms with Crippen molar-refractivity contribution in [3.05, 3.63) is 60.8 Å². The Hall–Kier alpha value is -3.15. The summed E-state index contributed by atoms with van der Waals surface area (Å²) in [5, 5.41) is 0. The van der Waals surface area contributed by atoms with Crippen molar-refractivity contribution in [2.24, 2.45) is 0 Å². The van der Waals surface area contributed by atoms with E-state index in [1.807, 2.05) is 30.3 Å². The molecule has 1 aliphatic heterocycles. The summed E-state index contributed by atoms with van der Waals surface area (Å²) in [6.07, 6.45) is 6.87. The Labute approximate surface area is 152 Å².